The van der Waals surface area contributed by atoms with Crippen LogP contribution in [0.3, 0.4) is 0 Å². The summed E-state index contributed by atoms with van der Waals surface area (Å²) in [6.45, 7) is 8.71. The Bertz CT molecular complexity index is 142. The van der Waals surface area contributed by atoms with Crippen LogP contribution in [-0.2, 0) is 4.74 Å². The van der Waals surface area contributed by atoms with E-state index in [-0.39, 0.29) is 0 Å². The second-order valence-electron chi connectivity index (χ2n) is 2.89. The van der Waals surface area contributed by atoms with Gasteiger partial charge < -0.3 is 9.64 Å². The van der Waals surface area contributed by atoms with Crippen LogP contribution in [0.4, 0.5) is 0 Å². The van der Waals surface area contributed by atoms with Crippen molar-refractivity contribution in [2.75, 3.05) is 32.8 Å². The minimum absolute atomic E-state index is 0.627. The van der Waals surface area contributed by atoms with Gasteiger partial charge in [-0.25, -0.2) is 0 Å². The molecule has 0 heterocycles. The summed E-state index contributed by atoms with van der Waals surface area (Å²) in [6.07, 6.45) is 1.69. The Hall–Kier alpha value is -0.590. The third-order valence-corrected chi connectivity index (χ3v) is 1.95. The fourth-order valence-electron chi connectivity index (χ4n) is 1.17. The zero-order valence-corrected chi connectivity index (χ0v) is 8.75. The van der Waals surface area contributed by atoms with Crippen molar-refractivity contribution in [2.24, 2.45) is 0 Å². The SMILES string of the molecule is CCOCCCN(CC)CCC#N. The first kappa shape index (κ1) is 12.4. The van der Waals surface area contributed by atoms with Crippen LogP contribution in [-0.4, -0.2) is 37.7 Å². The van der Waals surface area contributed by atoms with Crippen LogP contribution in [0.1, 0.15) is 26.7 Å². The van der Waals surface area contributed by atoms with Crippen molar-refractivity contribution < 1.29 is 4.74 Å². The molecule has 0 aromatic heterocycles. The zero-order chi connectivity index (χ0) is 9.94. The van der Waals surface area contributed by atoms with E-state index >= 15 is 0 Å². The van der Waals surface area contributed by atoms with Crippen LogP contribution < -0.4 is 0 Å². The normalized spacial score (nSPS) is 10.3. The van der Waals surface area contributed by atoms with E-state index in [1.54, 1.807) is 0 Å². The highest BCUT2D eigenvalue weighted by atomic mass is 16.5. The van der Waals surface area contributed by atoms with Crippen LogP contribution in [0.15, 0.2) is 0 Å². The topological polar surface area (TPSA) is 36.3 Å². The number of hydrogen-bond donors (Lipinski definition) is 0. The van der Waals surface area contributed by atoms with E-state index in [0.29, 0.717) is 6.42 Å². The van der Waals surface area contributed by atoms with Crippen molar-refractivity contribution in [3.8, 4) is 6.07 Å². The summed E-state index contributed by atoms with van der Waals surface area (Å²) >= 11 is 0. The van der Waals surface area contributed by atoms with Crippen molar-refractivity contribution in [3.05, 3.63) is 0 Å². The van der Waals surface area contributed by atoms with Crippen LogP contribution in [0.2, 0.25) is 0 Å². The van der Waals surface area contributed by atoms with Crippen LogP contribution in [0.25, 0.3) is 0 Å². The average Bonchev–Trinajstić information content (AvgIpc) is 2.17. The molecule has 0 aromatic rings. The molecule has 0 rings (SSSR count). The van der Waals surface area contributed by atoms with E-state index in [4.69, 9.17) is 10.00 Å². The van der Waals surface area contributed by atoms with E-state index in [0.717, 1.165) is 39.3 Å². The van der Waals surface area contributed by atoms with E-state index in [1.807, 2.05) is 6.92 Å². The first-order chi connectivity index (χ1) is 6.35. The number of hydrogen-bond acceptors (Lipinski definition) is 3. The maximum atomic E-state index is 8.42. The van der Waals surface area contributed by atoms with Crippen molar-refractivity contribution >= 4 is 0 Å². The quantitative estimate of drug-likeness (QED) is 0.538. The molecule has 0 amide bonds. The molecule has 3 nitrogen and oxygen atoms in total. The van der Waals surface area contributed by atoms with E-state index < -0.39 is 0 Å². The Morgan fingerprint density at radius 2 is 2.08 bits per heavy atom. The summed E-state index contributed by atoms with van der Waals surface area (Å²) in [5.41, 5.74) is 0. The predicted molar refractivity (Wildman–Crippen MR) is 53.5 cm³/mol. The number of nitrogens with zero attached hydrogens (tertiary/aromatic N) is 2. The summed E-state index contributed by atoms with van der Waals surface area (Å²) in [5, 5.41) is 8.42. The lowest BCUT2D eigenvalue weighted by Gasteiger charge is -2.18. The molecule has 76 valence electrons. The van der Waals surface area contributed by atoms with Gasteiger partial charge in [-0.05, 0) is 19.9 Å². The fourth-order valence-corrected chi connectivity index (χ4v) is 1.17. The summed E-state index contributed by atoms with van der Waals surface area (Å²) in [5.74, 6) is 0. The lowest BCUT2D eigenvalue weighted by atomic mass is 10.3. The molecular formula is C10H20N2O. The molecule has 0 saturated carbocycles. The summed E-state index contributed by atoms with van der Waals surface area (Å²) in [4.78, 5) is 2.28. The summed E-state index contributed by atoms with van der Waals surface area (Å²) in [6, 6.07) is 2.16. The Morgan fingerprint density at radius 1 is 1.31 bits per heavy atom. The highest BCUT2D eigenvalue weighted by molar-refractivity contribution is 4.71. The molecule has 3 heteroatoms. The Morgan fingerprint density at radius 3 is 2.62 bits per heavy atom. The van der Waals surface area contributed by atoms with Crippen molar-refractivity contribution in [2.45, 2.75) is 26.7 Å². The summed E-state index contributed by atoms with van der Waals surface area (Å²) < 4.78 is 5.24. The van der Waals surface area contributed by atoms with Crippen LogP contribution >= 0.6 is 0 Å². The largest absolute Gasteiger partial charge is 0.382 e. The number of nitriles is 1. The molecule has 0 unspecified atom stereocenters. The summed E-state index contributed by atoms with van der Waals surface area (Å²) in [7, 11) is 0. The lowest BCUT2D eigenvalue weighted by molar-refractivity contribution is 0.133. The maximum Gasteiger partial charge on any atom is 0.0635 e. The van der Waals surface area contributed by atoms with E-state index in [1.165, 1.54) is 0 Å². The highest BCUT2D eigenvalue weighted by Gasteiger charge is 2.00. The lowest BCUT2D eigenvalue weighted by Crippen LogP contribution is -2.26. The number of ether oxygens (including phenoxy) is 1. The van der Waals surface area contributed by atoms with Gasteiger partial charge in [0, 0.05) is 32.7 Å². The van der Waals surface area contributed by atoms with Crippen LogP contribution in [0, 0.1) is 11.3 Å². The smallest absolute Gasteiger partial charge is 0.0635 e. The van der Waals surface area contributed by atoms with Gasteiger partial charge in [-0.1, -0.05) is 6.92 Å². The minimum Gasteiger partial charge on any atom is -0.382 e. The van der Waals surface area contributed by atoms with Gasteiger partial charge in [-0.2, -0.15) is 5.26 Å². The van der Waals surface area contributed by atoms with Gasteiger partial charge in [-0.3, -0.25) is 0 Å². The molecule has 0 aromatic carbocycles. The highest BCUT2D eigenvalue weighted by Crippen LogP contribution is 1.93. The first-order valence-corrected chi connectivity index (χ1v) is 5.02. The predicted octanol–water partition coefficient (Wildman–Crippen LogP) is 1.65. The Kier molecular flexibility index (Phi) is 9.07. The van der Waals surface area contributed by atoms with Crippen molar-refractivity contribution in [1.82, 2.24) is 4.90 Å². The molecule has 0 N–H and O–H groups in total. The molecular weight excluding hydrogens is 164 g/mol. The van der Waals surface area contributed by atoms with Gasteiger partial charge in [0.05, 0.1) is 6.07 Å². The first-order valence-electron chi connectivity index (χ1n) is 5.02. The number of rotatable bonds is 8. The second kappa shape index (κ2) is 9.50. The molecule has 0 aliphatic carbocycles. The standard InChI is InChI=1S/C10H20N2O/c1-3-12(8-5-7-11)9-6-10-13-4-2/h3-6,8-10H2,1-2H3. The molecule has 0 saturated heterocycles. The second-order valence-corrected chi connectivity index (χ2v) is 2.89. The van der Waals surface area contributed by atoms with Gasteiger partial charge in [0.1, 0.15) is 0 Å². The molecule has 13 heavy (non-hydrogen) atoms. The molecule has 0 spiro atoms. The molecule has 0 bridgehead atoms. The molecule has 0 fully saturated rings. The minimum atomic E-state index is 0.627. The monoisotopic (exact) mass is 184 g/mol. The van der Waals surface area contributed by atoms with Gasteiger partial charge in [-0.15, -0.1) is 0 Å². The maximum absolute atomic E-state index is 8.42. The third kappa shape index (κ3) is 7.76. The molecule has 0 atom stereocenters. The Labute approximate surface area is 81.3 Å². The van der Waals surface area contributed by atoms with Gasteiger partial charge in [0.25, 0.3) is 0 Å². The van der Waals surface area contributed by atoms with Gasteiger partial charge >= 0.3 is 0 Å². The fraction of sp³-hybridized carbons (Fsp3) is 0.900. The average molecular weight is 184 g/mol. The van der Waals surface area contributed by atoms with E-state index in [9.17, 15) is 0 Å². The van der Waals surface area contributed by atoms with E-state index in [2.05, 4.69) is 17.9 Å². The molecule has 0 aliphatic heterocycles. The molecule has 0 radical (unpaired) electrons. The van der Waals surface area contributed by atoms with Crippen molar-refractivity contribution in [1.29, 1.82) is 5.26 Å². The zero-order valence-electron chi connectivity index (χ0n) is 8.75. The molecule has 0 aliphatic rings. The third-order valence-electron chi connectivity index (χ3n) is 1.95. The van der Waals surface area contributed by atoms with Crippen molar-refractivity contribution in [3.63, 3.8) is 0 Å². The van der Waals surface area contributed by atoms with Gasteiger partial charge in [0.2, 0.25) is 0 Å². The van der Waals surface area contributed by atoms with Crippen LogP contribution in [0.5, 0.6) is 0 Å². The van der Waals surface area contributed by atoms with Gasteiger partial charge in [0.15, 0.2) is 0 Å². The Balaban J connectivity index is 3.32.